The Labute approximate surface area is 102 Å². The minimum atomic E-state index is -0.398. The van der Waals surface area contributed by atoms with Gasteiger partial charge in [-0.1, -0.05) is 31.0 Å². The average molecular weight is 239 g/mol. The molecule has 1 nitrogen and oxygen atoms in total. The van der Waals surface area contributed by atoms with E-state index in [0.29, 0.717) is 0 Å². The lowest BCUT2D eigenvalue weighted by Gasteiger charge is -2.20. The monoisotopic (exact) mass is 238 g/mol. The molecule has 16 heavy (non-hydrogen) atoms. The van der Waals surface area contributed by atoms with Gasteiger partial charge in [-0.25, -0.2) is 0 Å². The second kappa shape index (κ2) is 5.20. The van der Waals surface area contributed by atoms with Gasteiger partial charge >= 0.3 is 0 Å². The van der Waals surface area contributed by atoms with Crippen LogP contribution < -0.4 is 0 Å². The number of hydrogen-bond acceptors (Lipinski definition) is 1. The lowest BCUT2D eigenvalue weighted by Crippen LogP contribution is -2.06. The SMILES string of the molecule is CCCC(O)c1cc2c(cc1Cl)CCCC2. The van der Waals surface area contributed by atoms with Crippen molar-refractivity contribution in [3.63, 3.8) is 0 Å². The summed E-state index contributed by atoms with van der Waals surface area (Å²) in [5.74, 6) is 0. The van der Waals surface area contributed by atoms with Crippen LogP contribution in [0.25, 0.3) is 0 Å². The minimum Gasteiger partial charge on any atom is -0.388 e. The maximum absolute atomic E-state index is 10.0. The van der Waals surface area contributed by atoms with Gasteiger partial charge in [-0.15, -0.1) is 0 Å². The molecular weight excluding hydrogens is 220 g/mol. The first-order valence-electron chi connectivity index (χ1n) is 6.21. The molecule has 0 aromatic heterocycles. The fourth-order valence-electron chi connectivity index (χ4n) is 2.46. The van der Waals surface area contributed by atoms with Crippen LogP contribution in [-0.4, -0.2) is 5.11 Å². The van der Waals surface area contributed by atoms with Crippen LogP contribution in [0.1, 0.15) is 55.4 Å². The predicted octanol–water partition coefficient (Wildman–Crippen LogP) is 4.05. The number of aliphatic hydroxyl groups excluding tert-OH is 1. The van der Waals surface area contributed by atoms with Gasteiger partial charge in [0.15, 0.2) is 0 Å². The fraction of sp³-hybridized carbons (Fsp3) is 0.571. The number of fused-ring (bicyclic) bond motifs is 1. The zero-order valence-corrected chi connectivity index (χ0v) is 10.6. The summed E-state index contributed by atoms with van der Waals surface area (Å²) in [7, 11) is 0. The first kappa shape index (κ1) is 11.9. The molecule has 0 bridgehead atoms. The molecule has 2 heteroatoms. The zero-order valence-electron chi connectivity index (χ0n) is 9.80. The molecular formula is C14H19ClO. The number of hydrogen-bond donors (Lipinski definition) is 1. The minimum absolute atomic E-state index is 0.398. The highest BCUT2D eigenvalue weighted by atomic mass is 35.5. The summed E-state index contributed by atoms with van der Waals surface area (Å²) in [6, 6.07) is 4.18. The zero-order chi connectivity index (χ0) is 11.5. The molecule has 1 aromatic rings. The number of halogens is 1. The maximum atomic E-state index is 10.0. The molecule has 1 aliphatic rings. The molecule has 0 saturated heterocycles. The van der Waals surface area contributed by atoms with Crippen molar-refractivity contribution >= 4 is 11.6 Å². The topological polar surface area (TPSA) is 20.2 Å². The number of benzene rings is 1. The molecule has 2 rings (SSSR count). The molecule has 1 aromatic carbocycles. The van der Waals surface area contributed by atoms with Gasteiger partial charge in [0.2, 0.25) is 0 Å². The Kier molecular flexibility index (Phi) is 3.88. The van der Waals surface area contributed by atoms with Gasteiger partial charge in [-0.05, 0) is 54.9 Å². The first-order valence-corrected chi connectivity index (χ1v) is 6.59. The average Bonchev–Trinajstić information content (AvgIpc) is 2.28. The van der Waals surface area contributed by atoms with Crippen molar-refractivity contribution in [2.45, 2.75) is 51.6 Å². The molecule has 1 N–H and O–H groups in total. The molecule has 1 aliphatic carbocycles. The van der Waals surface area contributed by atoms with Crippen LogP contribution in [0, 0.1) is 0 Å². The maximum Gasteiger partial charge on any atom is 0.0804 e. The van der Waals surface area contributed by atoms with Crippen molar-refractivity contribution in [1.29, 1.82) is 0 Å². The summed E-state index contributed by atoms with van der Waals surface area (Å²) in [4.78, 5) is 0. The van der Waals surface area contributed by atoms with E-state index in [1.165, 1.54) is 24.0 Å². The van der Waals surface area contributed by atoms with Gasteiger partial charge in [0.1, 0.15) is 0 Å². The van der Waals surface area contributed by atoms with Crippen LogP contribution in [0.3, 0.4) is 0 Å². The molecule has 88 valence electrons. The highest BCUT2D eigenvalue weighted by Crippen LogP contribution is 2.32. The standard InChI is InChI=1S/C14H19ClO/c1-2-5-14(16)12-8-10-6-3-4-7-11(10)9-13(12)15/h8-9,14,16H,2-7H2,1H3. The van der Waals surface area contributed by atoms with E-state index >= 15 is 0 Å². The van der Waals surface area contributed by atoms with Crippen LogP contribution in [0.5, 0.6) is 0 Å². The molecule has 1 atom stereocenters. The van der Waals surface area contributed by atoms with Crippen LogP contribution >= 0.6 is 11.6 Å². The van der Waals surface area contributed by atoms with E-state index in [2.05, 4.69) is 19.1 Å². The Balaban J connectivity index is 2.31. The van der Waals surface area contributed by atoms with Crippen molar-refractivity contribution in [2.24, 2.45) is 0 Å². The number of aliphatic hydroxyl groups is 1. The van der Waals surface area contributed by atoms with Crippen LogP contribution in [0.4, 0.5) is 0 Å². The lowest BCUT2D eigenvalue weighted by atomic mass is 9.89. The molecule has 0 amide bonds. The van der Waals surface area contributed by atoms with Crippen LogP contribution in [-0.2, 0) is 12.8 Å². The van der Waals surface area contributed by atoms with Crippen molar-refractivity contribution in [3.05, 3.63) is 33.8 Å². The first-order chi connectivity index (χ1) is 7.72. The Bertz CT molecular complexity index is 373. The van der Waals surface area contributed by atoms with Gasteiger partial charge in [0.05, 0.1) is 6.10 Å². The highest BCUT2D eigenvalue weighted by Gasteiger charge is 2.16. The molecule has 1 unspecified atom stereocenters. The third-order valence-corrected chi connectivity index (χ3v) is 3.71. The van der Waals surface area contributed by atoms with E-state index in [-0.39, 0.29) is 0 Å². The molecule has 0 heterocycles. The predicted molar refractivity (Wildman–Crippen MR) is 68.0 cm³/mol. The van der Waals surface area contributed by atoms with Gasteiger partial charge in [-0.3, -0.25) is 0 Å². The second-order valence-corrected chi connectivity index (χ2v) is 5.06. The smallest absolute Gasteiger partial charge is 0.0804 e. The van der Waals surface area contributed by atoms with Crippen molar-refractivity contribution in [2.75, 3.05) is 0 Å². The van der Waals surface area contributed by atoms with E-state index in [1.807, 2.05) is 0 Å². The molecule has 0 radical (unpaired) electrons. The number of aryl methyl sites for hydroxylation is 2. The molecule has 0 fully saturated rings. The normalized spacial score (nSPS) is 16.9. The summed E-state index contributed by atoms with van der Waals surface area (Å²) in [5, 5.41) is 10.8. The Hall–Kier alpha value is -0.530. The molecule has 0 aliphatic heterocycles. The lowest BCUT2D eigenvalue weighted by molar-refractivity contribution is 0.166. The molecule has 0 saturated carbocycles. The van der Waals surface area contributed by atoms with Crippen molar-refractivity contribution < 1.29 is 5.11 Å². The second-order valence-electron chi connectivity index (χ2n) is 4.65. The van der Waals surface area contributed by atoms with E-state index in [4.69, 9.17) is 11.6 Å². The van der Waals surface area contributed by atoms with E-state index in [1.54, 1.807) is 0 Å². The van der Waals surface area contributed by atoms with E-state index in [0.717, 1.165) is 36.3 Å². The Morgan fingerprint density at radius 2 is 1.88 bits per heavy atom. The van der Waals surface area contributed by atoms with Crippen LogP contribution in [0.2, 0.25) is 5.02 Å². The van der Waals surface area contributed by atoms with E-state index in [9.17, 15) is 5.11 Å². The van der Waals surface area contributed by atoms with Crippen molar-refractivity contribution in [3.8, 4) is 0 Å². The van der Waals surface area contributed by atoms with Gasteiger partial charge in [0, 0.05) is 5.02 Å². The third-order valence-electron chi connectivity index (χ3n) is 3.38. The summed E-state index contributed by atoms with van der Waals surface area (Å²) in [5.41, 5.74) is 3.69. The quantitative estimate of drug-likeness (QED) is 0.842. The van der Waals surface area contributed by atoms with Gasteiger partial charge < -0.3 is 5.11 Å². The van der Waals surface area contributed by atoms with E-state index < -0.39 is 6.10 Å². The third kappa shape index (κ3) is 2.41. The van der Waals surface area contributed by atoms with Gasteiger partial charge in [0.25, 0.3) is 0 Å². The van der Waals surface area contributed by atoms with Crippen LogP contribution in [0.15, 0.2) is 12.1 Å². The Morgan fingerprint density at radius 3 is 2.50 bits per heavy atom. The summed E-state index contributed by atoms with van der Waals surface area (Å²) in [6.07, 6.45) is 6.17. The number of rotatable bonds is 3. The summed E-state index contributed by atoms with van der Waals surface area (Å²) in [6.45, 7) is 2.08. The van der Waals surface area contributed by atoms with Crippen molar-refractivity contribution in [1.82, 2.24) is 0 Å². The largest absolute Gasteiger partial charge is 0.388 e. The van der Waals surface area contributed by atoms with Gasteiger partial charge in [-0.2, -0.15) is 0 Å². The highest BCUT2D eigenvalue weighted by molar-refractivity contribution is 6.31. The summed E-state index contributed by atoms with van der Waals surface area (Å²) < 4.78 is 0. The fourth-order valence-corrected chi connectivity index (χ4v) is 2.77. The Morgan fingerprint density at radius 1 is 1.25 bits per heavy atom. The molecule has 0 spiro atoms. The summed E-state index contributed by atoms with van der Waals surface area (Å²) >= 11 is 6.23.